The van der Waals surface area contributed by atoms with Gasteiger partial charge in [0.2, 0.25) is 5.43 Å². The standard InChI is InChI=1S/C24H24N2O4/c1-6-18-20(22-25-16-9-7-8-10-17(16)26(22)5)21(27)15-12-11-14(13-19(15)30-18)29-23(28)24(2,3)4/h7-13H,6H2,1-5H3. The van der Waals surface area contributed by atoms with Crippen molar-refractivity contribution in [3.05, 3.63) is 58.4 Å². The number of nitrogens with zero attached hydrogens (tertiary/aromatic N) is 2. The maximum Gasteiger partial charge on any atom is 0.316 e. The fourth-order valence-electron chi connectivity index (χ4n) is 3.39. The Morgan fingerprint density at radius 3 is 2.57 bits per heavy atom. The smallest absolute Gasteiger partial charge is 0.316 e. The van der Waals surface area contributed by atoms with Crippen LogP contribution in [0.5, 0.6) is 5.75 Å². The van der Waals surface area contributed by atoms with Crippen molar-refractivity contribution in [2.45, 2.75) is 34.1 Å². The molecule has 154 valence electrons. The quantitative estimate of drug-likeness (QED) is 0.360. The monoisotopic (exact) mass is 404 g/mol. The van der Waals surface area contributed by atoms with Crippen molar-refractivity contribution in [2.24, 2.45) is 12.5 Å². The molecule has 0 spiro atoms. The molecule has 0 N–H and O–H groups in total. The third-order valence-corrected chi connectivity index (χ3v) is 5.09. The second-order valence-corrected chi connectivity index (χ2v) is 8.36. The fraction of sp³-hybridized carbons (Fsp3) is 0.292. The molecule has 0 atom stereocenters. The van der Waals surface area contributed by atoms with Crippen LogP contribution in [0.25, 0.3) is 33.4 Å². The molecule has 2 heterocycles. The van der Waals surface area contributed by atoms with Crippen molar-refractivity contribution in [3.8, 4) is 17.1 Å². The topological polar surface area (TPSA) is 74.3 Å². The molecule has 0 unspecified atom stereocenters. The van der Waals surface area contributed by atoms with Crippen LogP contribution in [0.15, 0.2) is 51.7 Å². The summed E-state index contributed by atoms with van der Waals surface area (Å²) in [5.41, 5.74) is 1.83. The second-order valence-electron chi connectivity index (χ2n) is 8.36. The summed E-state index contributed by atoms with van der Waals surface area (Å²) in [5, 5.41) is 0.421. The van der Waals surface area contributed by atoms with Crippen LogP contribution < -0.4 is 10.2 Å². The number of ether oxygens (including phenoxy) is 1. The molecular weight excluding hydrogens is 380 g/mol. The zero-order chi connectivity index (χ0) is 21.6. The summed E-state index contributed by atoms with van der Waals surface area (Å²) in [6.07, 6.45) is 0.524. The Morgan fingerprint density at radius 1 is 1.17 bits per heavy atom. The summed E-state index contributed by atoms with van der Waals surface area (Å²) in [4.78, 5) is 30.3. The van der Waals surface area contributed by atoms with E-state index in [1.165, 1.54) is 0 Å². The van der Waals surface area contributed by atoms with E-state index in [4.69, 9.17) is 9.15 Å². The van der Waals surface area contributed by atoms with E-state index in [9.17, 15) is 9.59 Å². The highest BCUT2D eigenvalue weighted by atomic mass is 16.5. The average molecular weight is 404 g/mol. The Bertz CT molecular complexity index is 1340. The molecule has 0 bridgehead atoms. The Hall–Kier alpha value is -3.41. The zero-order valence-electron chi connectivity index (χ0n) is 17.8. The Labute approximate surface area is 174 Å². The Kier molecular flexibility index (Phi) is 4.73. The molecule has 6 nitrogen and oxygen atoms in total. The third kappa shape index (κ3) is 3.28. The van der Waals surface area contributed by atoms with Crippen LogP contribution in [0.2, 0.25) is 0 Å². The lowest BCUT2D eigenvalue weighted by Crippen LogP contribution is -2.25. The number of para-hydroxylation sites is 2. The SMILES string of the molecule is CCc1oc2cc(OC(=O)C(C)(C)C)ccc2c(=O)c1-c1nc2ccccc2n1C. The van der Waals surface area contributed by atoms with Gasteiger partial charge < -0.3 is 13.7 Å². The molecule has 4 rings (SSSR count). The van der Waals surface area contributed by atoms with E-state index in [0.29, 0.717) is 40.3 Å². The van der Waals surface area contributed by atoms with Crippen molar-refractivity contribution in [1.82, 2.24) is 9.55 Å². The maximum atomic E-state index is 13.4. The third-order valence-electron chi connectivity index (χ3n) is 5.09. The van der Waals surface area contributed by atoms with E-state index in [0.717, 1.165) is 11.0 Å². The van der Waals surface area contributed by atoms with Gasteiger partial charge in [-0.1, -0.05) is 19.1 Å². The number of imidazole rings is 1. The van der Waals surface area contributed by atoms with E-state index >= 15 is 0 Å². The summed E-state index contributed by atoms with van der Waals surface area (Å²) < 4.78 is 13.5. The van der Waals surface area contributed by atoms with Crippen molar-refractivity contribution in [1.29, 1.82) is 0 Å². The average Bonchev–Trinajstić information content (AvgIpc) is 3.03. The molecule has 2 aromatic heterocycles. The molecule has 4 aromatic rings. The van der Waals surface area contributed by atoms with E-state index in [-0.39, 0.29) is 11.4 Å². The minimum atomic E-state index is -0.631. The van der Waals surface area contributed by atoms with Crippen molar-refractivity contribution < 1.29 is 13.9 Å². The Balaban J connectivity index is 1.89. The number of carbonyl (C=O) groups excluding carboxylic acids is 1. The number of hydrogen-bond donors (Lipinski definition) is 0. The summed E-state index contributed by atoms with van der Waals surface area (Å²) in [6, 6.07) is 12.6. The molecule has 0 aliphatic carbocycles. The molecule has 0 amide bonds. The number of benzene rings is 2. The van der Waals surface area contributed by atoms with Crippen molar-refractivity contribution >= 4 is 28.0 Å². The molecule has 6 heteroatoms. The summed E-state index contributed by atoms with van der Waals surface area (Å²) >= 11 is 0. The van der Waals surface area contributed by atoms with Crippen LogP contribution in [-0.2, 0) is 18.3 Å². The van der Waals surface area contributed by atoms with Crippen LogP contribution in [0.3, 0.4) is 0 Å². The minimum Gasteiger partial charge on any atom is -0.460 e. The highest BCUT2D eigenvalue weighted by molar-refractivity contribution is 5.86. The predicted octanol–water partition coefficient (Wildman–Crippen LogP) is 4.86. The number of fused-ring (bicyclic) bond motifs is 2. The lowest BCUT2D eigenvalue weighted by atomic mass is 9.97. The number of rotatable bonds is 3. The van der Waals surface area contributed by atoms with Gasteiger partial charge in [-0.05, 0) is 45.0 Å². The van der Waals surface area contributed by atoms with Gasteiger partial charge in [0.25, 0.3) is 0 Å². The molecule has 0 radical (unpaired) electrons. The van der Waals surface area contributed by atoms with Crippen LogP contribution in [-0.4, -0.2) is 15.5 Å². The zero-order valence-corrected chi connectivity index (χ0v) is 17.8. The fourth-order valence-corrected chi connectivity index (χ4v) is 3.39. The van der Waals surface area contributed by atoms with Crippen molar-refractivity contribution in [3.63, 3.8) is 0 Å². The summed E-state index contributed by atoms with van der Waals surface area (Å²) in [5.74, 6) is 1.12. The number of aryl methyl sites for hydroxylation is 2. The number of aromatic nitrogens is 2. The predicted molar refractivity (Wildman–Crippen MR) is 117 cm³/mol. The molecule has 0 aliphatic heterocycles. The molecule has 0 saturated heterocycles. The van der Waals surface area contributed by atoms with Gasteiger partial charge in [0.1, 0.15) is 28.5 Å². The van der Waals surface area contributed by atoms with Gasteiger partial charge in [0, 0.05) is 19.5 Å². The van der Waals surface area contributed by atoms with Gasteiger partial charge in [-0.3, -0.25) is 9.59 Å². The first-order chi connectivity index (χ1) is 14.2. The molecule has 0 aliphatic rings. The minimum absolute atomic E-state index is 0.153. The Morgan fingerprint density at radius 2 is 1.90 bits per heavy atom. The first kappa shape index (κ1) is 19.9. The molecule has 0 fully saturated rings. The van der Waals surface area contributed by atoms with Crippen LogP contribution in [0.4, 0.5) is 0 Å². The van der Waals surface area contributed by atoms with Crippen molar-refractivity contribution in [2.75, 3.05) is 0 Å². The number of carbonyl (C=O) groups is 1. The van der Waals surface area contributed by atoms with Gasteiger partial charge in [-0.25, -0.2) is 4.98 Å². The maximum absolute atomic E-state index is 13.4. The molecular formula is C24H24N2O4. The van der Waals surface area contributed by atoms with Gasteiger partial charge >= 0.3 is 5.97 Å². The summed E-state index contributed by atoms with van der Waals surface area (Å²) in [6.45, 7) is 7.29. The van der Waals surface area contributed by atoms with Crippen LogP contribution >= 0.6 is 0 Å². The first-order valence-electron chi connectivity index (χ1n) is 9.94. The normalized spacial score (nSPS) is 11.9. The van der Waals surface area contributed by atoms with E-state index < -0.39 is 5.41 Å². The van der Waals surface area contributed by atoms with Gasteiger partial charge in [0.15, 0.2) is 0 Å². The second kappa shape index (κ2) is 7.13. The molecule has 0 saturated carbocycles. The summed E-state index contributed by atoms with van der Waals surface area (Å²) in [7, 11) is 1.89. The van der Waals surface area contributed by atoms with Gasteiger partial charge in [0.05, 0.1) is 21.8 Å². The largest absolute Gasteiger partial charge is 0.460 e. The van der Waals surface area contributed by atoms with Gasteiger partial charge in [-0.2, -0.15) is 0 Å². The highest BCUT2D eigenvalue weighted by Gasteiger charge is 2.25. The lowest BCUT2D eigenvalue weighted by Gasteiger charge is -2.16. The number of hydrogen-bond acceptors (Lipinski definition) is 5. The highest BCUT2D eigenvalue weighted by Crippen LogP contribution is 2.29. The molecule has 2 aromatic carbocycles. The van der Waals surface area contributed by atoms with E-state index in [1.807, 2.05) is 42.8 Å². The van der Waals surface area contributed by atoms with Crippen LogP contribution in [0.1, 0.15) is 33.5 Å². The van der Waals surface area contributed by atoms with Crippen LogP contribution in [0, 0.1) is 5.41 Å². The molecule has 30 heavy (non-hydrogen) atoms. The lowest BCUT2D eigenvalue weighted by molar-refractivity contribution is -0.142. The van der Waals surface area contributed by atoms with Gasteiger partial charge in [-0.15, -0.1) is 0 Å². The van der Waals surface area contributed by atoms with E-state index in [1.54, 1.807) is 39.0 Å². The first-order valence-corrected chi connectivity index (χ1v) is 9.94. The van der Waals surface area contributed by atoms with E-state index in [2.05, 4.69) is 4.98 Å². The number of esters is 1.